The fourth-order valence-electron chi connectivity index (χ4n) is 6.79. The molecule has 0 aromatic heterocycles. The Kier molecular flexibility index (Phi) is 9.67. The first-order valence-corrected chi connectivity index (χ1v) is 27.2. The van der Waals surface area contributed by atoms with E-state index in [1.807, 2.05) is 0 Å². The summed E-state index contributed by atoms with van der Waals surface area (Å²) in [7, 11) is 0. The average molecular weight is 749 g/mol. The van der Waals surface area contributed by atoms with E-state index in [1.54, 1.807) is 22.3 Å². The molecule has 4 heteroatoms. The van der Waals surface area contributed by atoms with Crippen LogP contribution in [0.25, 0.3) is 34.4 Å². The molecule has 0 saturated heterocycles. The van der Waals surface area contributed by atoms with Crippen LogP contribution in [-0.2, 0) is 20.6 Å². The van der Waals surface area contributed by atoms with Gasteiger partial charge < -0.3 is 0 Å². The number of rotatable bonds is 5. The molecule has 0 aliphatic heterocycles. The van der Waals surface area contributed by atoms with Gasteiger partial charge in [-0.05, 0) is 0 Å². The van der Waals surface area contributed by atoms with Crippen LogP contribution in [-0.4, -0.2) is 5.98 Å². The number of allylic oxidation sites excluding steroid dienone is 2. The molecule has 4 aromatic rings. The second-order valence-electron chi connectivity index (χ2n) is 11.6. The van der Waals surface area contributed by atoms with Gasteiger partial charge in [-0.2, -0.15) is 0 Å². The molecule has 2 atom stereocenters. The number of aryl methyl sites for hydroxylation is 2. The molecular weight excluding hydrogens is 710 g/mol. The Morgan fingerprint density at radius 2 is 0.900 bits per heavy atom. The normalized spacial score (nSPS) is 16.9. The number of hydrogen-bond donors (Lipinski definition) is 0. The zero-order valence-electron chi connectivity index (χ0n) is 24.3. The van der Waals surface area contributed by atoms with Crippen LogP contribution in [0.2, 0.25) is 13.1 Å². The van der Waals surface area contributed by atoms with Crippen molar-refractivity contribution in [1.29, 1.82) is 0 Å². The van der Waals surface area contributed by atoms with Crippen molar-refractivity contribution in [2.45, 2.75) is 48.1 Å². The molecule has 0 heterocycles. The molecule has 0 radical (unpaired) electrons. The first kappa shape index (κ1) is 31.0. The summed E-state index contributed by atoms with van der Waals surface area (Å²) in [4.78, 5) is 0. The summed E-state index contributed by atoms with van der Waals surface area (Å²) >= 11 is -2.25. The molecule has 0 saturated carbocycles. The van der Waals surface area contributed by atoms with E-state index in [9.17, 15) is 0 Å². The Labute approximate surface area is 261 Å². The van der Waals surface area contributed by atoms with E-state index in [1.165, 1.54) is 44.5 Å². The zero-order chi connectivity index (χ0) is 26.6. The van der Waals surface area contributed by atoms with Crippen molar-refractivity contribution in [2.24, 2.45) is 0 Å². The Hall–Kier alpha value is -1.97. The minimum absolute atomic E-state index is 0. The van der Waals surface area contributed by atoms with Crippen LogP contribution in [0.3, 0.4) is 0 Å². The summed E-state index contributed by atoms with van der Waals surface area (Å²) in [6, 6.07) is 32.4. The number of fused-ring (bicyclic) bond motifs is 2. The predicted molar refractivity (Wildman–Crippen MR) is 179 cm³/mol. The number of halogens is 2. The largest absolute Gasteiger partial charge is 0.147 e. The van der Waals surface area contributed by atoms with Crippen LogP contribution in [0.4, 0.5) is 0 Å². The first-order chi connectivity index (χ1) is 18.3. The van der Waals surface area contributed by atoms with Gasteiger partial charge in [-0.3, -0.25) is 0 Å². The average Bonchev–Trinajstić information content (AvgIpc) is 3.41. The fraction of sp³-hybridized carbons (Fsp3) is 0.222. The third kappa shape index (κ3) is 5.45. The van der Waals surface area contributed by atoms with Gasteiger partial charge in [0.15, 0.2) is 0 Å². The standard InChI is InChI=1S/2C17H15.C2H7Si.2ClH.Hf/c2*1-12-6-8-14(9-7-12)16-5-3-4-15-10-13(2)11-17(15)16;1-3-2;;;/h2*3-11H,1-2H3;3H,1-2H3;2*1H;. The summed E-state index contributed by atoms with van der Waals surface area (Å²) in [5.41, 5.74) is 17.6. The molecule has 2 aliphatic rings. The maximum atomic E-state index is 2.66. The summed E-state index contributed by atoms with van der Waals surface area (Å²) in [6.07, 6.45) is 5.10. The van der Waals surface area contributed by atoms with E-state index in [2.05, 4.69) is 138 Å². The molecule has 4 aromatic carbocycles. The van der Waals surface area contributed by atoms with Gasteiger partial charge in [0.1, 0.15) is 0 Å². The van der Waals surface area contributed by atoms with Crippen LogP contribution < -0.4 is 0 Å². The second-order valence-corrected chi connectivity index (χ2v) is 39.6. The van der Waals surface area contributed by atoms with E-state index in [-0.39, 0.29) is 24.8 Å². The zero-order valence-corrected chi connectivity index (χ0v) is 30.7. The van der Waals surface area contributed by atoms with E-state index in [4.69, 9.17) is 0 Å². The predicted octanol–water partition coefficient (Wildman–Crippen LogP) is 10.7. The van der Waals surface area contributed by atoms with Crippen molar-refractivity contribution in [3.8, 4) is 22.3 Å². The van der Waals surface area contributed by atoms with Crippen molar-refractivity contribution < 1.29 is 20.6 Å². The van der Waals surface area contributed by atoms with Crippen LogP contribution >= 0.6 is 24.8 Å². The van der Waals surface area contributed by atoms with Crippen molar-refractivity contribution >= 4 is 42.9 Å². The van der Waals surface area contributed by atoms with E-state index >= 15 is 0 Å². The first-order valence-electron chi connectivity index (χ1n) is 14.0. The Balaban J connectivity index is 0.00000185. The van der Waals surface area contributed by atoms with Crippen molar-refractivity contribution in [2.75, 3.05) is 0 Å². The van der Waals surface area contributed by atoms with E-state index < -0.39 is 26.6 Å². The Bertz CT molecular complexity index is 1470. The maximum absolute atomic E-state index is 2.66. The third-order valence-corrected chi connectivity index (χ3v) is 40.1. The quantitative estimate of drug-likeness (QED) is 0.178. The van der Waals surface area contributed by atoms with Crippen LogP contribution in [0.5, 0.6) is 0 Å². The summed E-state index contributed by atoms with van der Waals surface area (Å²) in [5, 5.41) is 0. The monoisotopic (exact) mass is 749 g/mol. The fourth-order valence-corrected chi connectivity index (χ4v) is 39.7. The smallest absolute Gasteiger partial charge is 0.147 e. The van der Waals surface area contributed by atoms with Gasteiger partial charge in [-0.1, -0.05) is 0 Å². The molecule has 2 unspecified atom stereocenters. The summed E-state index contributed by atoms with van der Waals surface area (Å²) < 4.78 is 1.38. The minimum Gasteiger partial charge on any atom is -0.147 e. The van der Waals surface area contributed by atoms with Gasteiger partial charge in [0.25, 0.3) is 0 Å². The van der Waals surface area contributed by atoms with Gasteiger partial charge in [0, 0.05) is 0 Å². The van der Waals surface area contributed by atoms with Gasteiger partial charge in [0.2, 0.25) is 0 Å². The molecule has 2 aliphatic carbocycles. The maximum Gasteiger partial charge on any atom is -0.147 e. The minimum atomic E-state index is -2.25. The second kappa shape index (κ2) is 12.5. The molecule has 6 rings (SSSR count). The van der Waals surface area contributed by atoms with Crippen molar-refractivity contribution in [1.82, 2.24) is 0 Å². The molecule has 0 bridgehead atoms. The summed E-state index contributed by atoms with van der Waals surface area (Å²) in [6.45, 7) is 14.5. The molecule has 0 nitrogen and oxygen atoms in total. The van der Waals surface area contributed by atoms with E-state index in [0.717, 1.165) is 0 Å². The van der Waals surface area contributed by atoms with Gasteiger partial charge in [-0.25, -0.2) is 0 Å². The summed E-state index contributed by atoms with van der Waals surface area (Å²) in [5.74, 6) is -0.848. The Morgan fingerprint density at radius 3 is 1.25 bits per heavy atom. The van der Waals surface area contributed by atoms with Crippen LogP contribution in [0, 0.1) is 13.8 Å². The molecular formula is C36H39Cl2HfSi. The molecule has 0 amide bonds. The van der Waals surface area contributed by atoms with E-state index in [0.29, 0.717) is 7.35 Å². The van der Waals surface area contributed by atoms with Gasteiger partial charge in [0.05, 0.1) is 0 Å². The van der Waals surface area contributed by atoms with Gasteiger partial charge in [-0.15, -0.1) is 24.8 Å². The number of hydrogen-bond acceptors (Lipinski definition) is 0. The van der Waals surface area contributed by atoms with Crippen LogP contribution in [0.1, 0.15) is 54.6 Å². The SMILES string of the molecule is CC1=Cc2c(-c3ccc(C)cc3)cccc2[CH]1[Hf]([CH]1C(C)=Cc2c(-c3ccc(C)cc3)cccc21)[SiH](C)C.Cl.Cl. The number of benzene rings is 4. The van der Waals surface area contributed by atoms with Crippen molar-refractivity contribution in [3.63, 3.8) is 0 Å². The third-order valence-electron chi connectivity index (χ3n) is 8.61. The van der Waals surface area contributed by atoms with Crippen molar-refractivity contribution in [3.05, 3.63) is 129 Å². The Morgan fingerprint density at radius 1 is 0.525 bits per heavy atom. The molecule has 0 fully saturated rings. The molecule has 40 heavy (non-hydrogen) atoms. The molecule has 0 spiro atoms. The topological polar surface area (TPSA) is 0 Å². The molecule has 205 valence electrons. The van der Waals surface area contributed by atoms with Gasteiger partial charge >= 0.3 is 239 Å². The van der Waals surface area contributed by atoms with Crippen LogP contribution in [0.15, 0.2) is 96.1 Å². The molecule has 0 N–H and O–H groups in total.